The Morgan fingerprint density at radius 1 is 1.06 bits per heavy atom. The predicted octanol–water partition coefficient (Wildman–Crippen LogP) is 0.963. The van der Waals surface area contributed by atoms with Crippen LogP contribution in [0, 0.1) is 0 Å². The first-order chi connectivity index (χ1) is 8.18. The number of carbonyl (C=O) groups is 2. The molecule has 0 bridgehead atoms. The van der Waals surface area contributed by atoms with Gasteiger partial charge in [0.05, 0.1) is 5.25 Å². The summed E-state index contributed by atoms with van der Waals surface area (Å²) in [5.74, 6) is 1.52. The first-order valence-corrected chi connectivity index (χ1v) is 7.39. The molecule has 0 saturated carbocycles. The molecule has 17 heavy (non-hydrogen) atoms. The number of carbonyl (C=O) groups excluding carboxylic acids is 2. The highest BCUT2D eigenvalue weighted by molar-refractivity contribution is 8.00. The summed E-state index contributed by atoms with van der Waals surface area (Å²) in [6, 6.07) is 0. The average Bonchev–Trinajstić information content (AvgIpc) is 2.71. The molecule has 5 heteroatoms. The van der Waals surface area contributed by atoms with Gasteiger partial charge in [0.25, 0.3) is 0 Å². The van der Waals surface area contributed by atoms with Gasteiger partial charge in [-0.25, -0.2) is 0 Å². The second-order valence-corrected chi connectivity index (χ2v) is 6.00. The van der Waals surface area contributed by atoms with Gasteiger partial charge in [-0.05, 0) is 25.0 Å². The highest BCUT2D eigenvalue weighted by atomic mass is 32.2. The summed E-state index contributed by atoms with van der Waals surface area (Å²) in [7, 11) is 0. The largest absolute Gasteiger partial charge is 0.341 e. The second kappa shape index (κ2) is 5.76. The SMILES string of the molecule is CC(=O)N1CCCN(C(=O)C2CCCS2)CC1. The van der Waals surface area contributed by atoms with Crippen LogP contribution in [0.25, 0.3) is 0 Å². The van der Waals surface area contributed by atoms with E-state index in [1.165, 1.54) is 0 Å². The molecule has 2 aliphatic heterocycles. The zero-order valence-electron chi connectivity index (χ0n) is 10.4. The predicted molar refractivity (Wildman–Crippen MR) is 68.9 cm³/mol. The lowest BCUT2D eigenvalue weighted by Gasteiger charge is -2.23. The Morgan fingerprint density at radius 2 is 1.76 bits per heavy atom. The van der Waals surface area contributed by atoms with Crippen LogP contribution in [0.2, 0.25) is 0 Å². The molecule has 0 aromatic carbocycles. The molecule has 4 nitrogen and oxygen atoms in total. The van der Waals surface area contributed by atoms with E-state index in [0.29, 0.717) is 13.1 Å². The van der Waals surface area contributed by atoms with E-state index in [1.54, 1.807) is 18.7 Å². The summed E-state index contributed by atoms with van der Waals surface area (Å²) in [5.41, 5.74) is 0. The first kappa shape index (κ1) is 12.7. The highest BCUT2D eigenvalue weighted by Crippen LogP contribution is 2.28. The van der Waals surface area contributed by atoms with Crippen molar-refractivity contribution in [2.24, 2.45) is 0 Å². The van der Waals surface area contributed by atoms with E-state index in [2.05, 4.69) is 0 Å². The van der Waals surface area contributed by atoms with Gasteiger partial charge in [-0.15, -0.1) is 11.8 Å². The standard InChI is InChI=1S/C12H20N2O2S/c1-10(15)13-5-3-6-14(8-7-13)12(16)11-4-2-9-17-11/h11H,2-9H2,1H3. The lowest BCUT2D eigenvalue weighted by Crippen LogP contribution is -2.40. The number of hydrogen-bond donors (Lipinski definition) is 0. The van der Waals surface area contributed by atoms with E-state index >= 15 is 0 Å². The van der Waals surface area contributed by atoms with Crippen LogP contribution >= 0.6 is 11.8 Å². The van der Waals surface area contributed by atoms with Crippen LogP contribution in [0.15, 0.2) is 0 Å². The van der Waals surface area contributed by atoms with Crippen molar-refractivity contribution in [2.75, 3.05) is 31.9 Å². The highest BCUT2D eigenvalue weighted by Gasteiger charge is 2.29. The van der Waals surface area contributed by atoms with Crippen molar-refractivity contribution in [3.8, 4) is 0 Å². The minimum atomic E-state index is 0.120. The molecule has 0 radical (unpaired) electrons. The Kier molecular flexibility index (Phi) is 4.31. The molecule has 0 aliphatic carbocycles. The molecule has 96 valence electrons. The van der Waals surface area contributed by atoms with Crippen molar-refractivity contribution in [2.45, 2.75) is 31.4 Å². The maximum Gasteiger partial charge on any atom is 0.235 e. The quantitative estimate of drug-likeness (QED) is 0.702. The minimum absolute atomic E-state index is 0.120. The summed E-state index contributed by atoms with van der Waals surface area (Å²) in [4.78, 5) is 27.3. The smallest absolute Gasteiger partial charge is 0.235 e. The Balaban J connectivity index is 1.89. The van der Waals surface area contributed by atoms with Crippen molar-refractivity contribution in [1.29, 1.82) is 0 Å². The van der Waals surface area contributed by atoms with E-state index < -0.39 is 0 Å². The first-order valence-electron chi connectivity index (χ1n) is 6.34. The van der Waals surface area contributed by atoms with Gasteiger partial charge in [0.2, 0.25) is 11.8 Å². The van der Waals surface area contributed by atoms with Crippen molar-refractivity contribution in [1.82, 2.24) is 9.80 Å². The molecule has 2 rings (SSSR count). The Labute approximate surface area is 107 Å². The molecule has 2 amide bonds. The van der Waals surface area contributed by atoms with Gasteiger partial charge in [0.15, 0.2) is 0 Å². The van der Waals surface area contributed by atoms with Crippen molar-refractivity contribution >= 4 is 23.6 Å². The number of rotatable bonds is 1. The number of nitrogens with zero attached hydrogens (tertiary/aromatic N) is 2. The average molecular weight is 256 g/mol. The molecule has 2 fully saturated rings. The summed E-state index contributed by atoms with van der Waals surface area (Å²) in [5, 5.41) is 0.180. The maximum absolute atomic E-state index is 12.2. The van der Waals surface area contributed by atoms with E-state index in [-0.39, 0.29) is 17.1 Å². The number of thioether (sulfide) groups is 1. The van der Waals surface area contributed by atoms with E-state index in [0.717, 1.165) is 38.1 Å². The zero-order chi connectivity index (χ0) is 12.3. The molecule has 2 aliphatic rings. The van der Waals surface area contributed by atoms with Gasteiger partial charge in [-0.3, -0.25) is 9.59 Å². The topological polar surface area (TPSA) is 40.6 Å². The third kappa shape index (κ3) is 3.15. The fraction of sp³-hybridized carbons (Fsp3) is 0.833. The minimum Gasteiger partial charge on any atom is -0.341 e. The van der Waals surface area contributed by atoms with Gasteiger partial charge < -0.3 is 9.80 Å². The third-order valence-electron chi connectivity index (χ3n) is 3.46. The Hall–Kier alpha value is -0.710. The van der Waals surface area contributed by atoms with Gasteiger partial charge >= 0.3 is 0 Å². The summed E-state index contributed by atoms with van der Waals surface area (Å²) < 4.78 is 0. The lowest BCUT2D eigenvalue weighted by molar-refractivity contribution is -0.132. The van der Waals surface area contributed by atoms with Crippen molar-refractivity contribution < 1.29 is 9.59 Å². The molecule has 2 saturated heterocycles. The Morgan fingerprint density at radius 3 is 2.41 bits per heavy atom. The van der Waals surface area contributed by atoms with Gasteiger partial charge in [-0.2, -0.15) is 0 Å². The van der Waals surface area contributed by atoms with Crippen LogP contribution < -0.4 is 0 Å². The molecule has 1 unspecified atom stereocenters. The van der Waals surface area contributed by atoms with Gasteiger partial charge in [-0.1, -0.05) is 0 Å². The van der Waals surface area contributed by atoms with Crippen LogP contribution in [0.3, 0.4) is 0 Å². The summed E-state index contributed by atoms with van der Waals surface area (Å²) in [6.45, 7) is 4.59. The van der Waals surface area contributed by atoms with Crippen LogP contribution in [-0.2, 0) is 9.59 Å². The van der Waals surface area contributed by atoms with Crippen LogP contribution in [0.1, 0.15) is 26.2 Å². The molecule has 0 aromatic heterocycles. The lowest BCUT2D eigenvalue weighted by atomic mass is 10.2. The number of amides is 2. The molecular weight excluding hydrogens is 236 g/mol. The molecular formula is C12H20N2O2S. The molecule has 0 spiro atoms. The zero-order valence-corrected chi connectivity index (χ0v) is 11.2. The van der Waals surface area contributed by atoms with Crippen LogP contribution in [-0.4, -0.2) is 58.8 Å². The number of hydrogen-bond acceptors (Lipinski definition) is 3. The van der Waals surface area contributed by atoms with Crippen LogP contribution in [0.5, 0.6) is 0 Å². The van der Waals surface area contributed by atoms with Crippen LogP contribution in [0.4, 0.5) is 0 Å². The van der Waals surface area contributed by atoms with Gasteiger partial charge in [0, 0.05) is 33.1 Å². The molecule has 1 atom stereocenters. The van der Waals surface area contributed by atoms with Crippen molar-refractivity contribution in [3.05, 3.63) is 0 Å². The molecule has 0 aromatic rings. The maximum atomic E-state index is 12.2. The third-order valence-corrected chi connectivity index (χ3v) is 4.82. The fourth-order valence-corrected chi connectivity index (χ4v) is 3.67. The van der Waals surface area contributed by atoms with Gasteiger partial charge in [0.1, 0.15) is 0 Å². The summed E-state index contributed by atoms with van der Waals surface area (Å²) in [6.07, 6.45) is 3.09. The summed E-state index contributed by atoms with van der Waals surface area (Å²) >= 11 is 1.79. The van der Waals surface area contributed by atoms with E-state index in [1.807, 2.05) is 9.80 Å². The van der Waals surface area contributed by atoms with E-state index in [9.17, 15) is 9.59 Å². The Bertz CT molecular complexity index is 303. The van der Waals surface area contributed by atoms with Crippen molar-refractivity contribution in [3.63, 3.8) is 0 Å². The second-order valence-electron chi connectivity index (χ2n) is 4.69. The van der Waals surface area contributed by atoms with E-state index in [4.69, 9.17) is 0 Å². The fourth-order valence-electron chi connectivity index (χ4n) is 2.43. The molecule has 2 heterocycles. The molecule has 0 N–H and O–H groups in total. The monoisotopic (exact) mass is 256 g/mol. The normalized spacial score (nSPS) is 25.8.